The van der Waals surface area contributed by atoms with Crippen molar-refractivity contribution in [2.75, 3.05) is 0 Å². The minimum atomic E-state index is 0.816. The molecule has 0 radical (unpaired) electrons. The van der Waals surface area contributed by atoms with E-state index >= 15 is 0 Å². The van der Waals surface area contributed by atoms with Crippen molar-refractivity contribution in [3.8, 4) is 23.7 Å². The van der Waals surface area contributed by atoms with Gasteiger partial charge in [0.05, 0.1) is 0 Å². The van der Waals surface area contributed by atoms with Gasteiger partial charge in [-0.05, 0) is 79.8 Å². The van der Waals surface area contributed by atoms with Crippen LogP contribution in [0, 0.1) is 30.6 Å². The zero-order chi connectivity index (χ0) is 25.8. The van der Waals surface area contributed by atoms with Crippen LogP contribution in [0.15, 0.2) is 122 Å². The van der Waals surface area contributed by atoms with Crippen LogP contribution in [-0.4, -0.2) is 0 Å². The molecule has 0 saturated carbocycles. The summed E-state index contributed by atoms with van der Waals surface area (Å²) in [6.45, 7) is 14.4. The van der Waals surface area contributed by atoms with Gasteiger partial charge in [-0.1, -0.05) is 115 Å². The van der Waals surface area contributed by atoms with Crippen LogP contribution in [0.25, 0.3) is 11.1 Å². The van der Waals surface area contributed by atoms with Gasteiger partial charge in [-0.2, -0.15) is 0 Å². The number of aryl methyl sites for hydroxylation is 1. The topological polar surface area (TPSA) is 0 Å². The highest BCUT2D eigenvalue weighted by Gasteiger charge is 2.02. The summed E-state index contributed by atoms with van der Waals surface area (Å²) in [5.74, 6) is 12.9. The lowest BCUT2D eigenvalue weighted by Gasteiger charge is -2.07. The highest BCUT2D eigenvalue weighted by molar-refractivity contribution is 5.67. The molecule has 0 atom stereocenters. The molecule has 36 heavy (non-hydrogen) atoms. The van der Waals surface area contributed by atoms with Gasteiger partial charge in [-0.15, -0.1) is 0 Å². The first-order valence-electron chi connectivity index (χ1n) is 12.1. The molecule has 0 nitrogen and oxygen atoms in total. The zero-order valence-corrected chi connectivity index (χ0v) is 21.4. The number of allylic oxidation sites excluding steroid dienone is 8. The maximum atomic E-state index is 4.31. The number of rotatable bonds is 6. The lowest BCUT2D eigenvalue weighted by atomic mass is 9.97. The Morgan fingerprint density at radius 1 is 0.833 bits per heavy atom. The quantitative estimate of drug-likeness (QED) is 0.253. The fourth-order valence-electron chi connectivity index (χ4n) is 3.47. The van der Waals surface area contributed by atoms with E-state index in [2.05, 4.69) is 86.2 Å². The fraction of sp³-hybridized carbons (Fsp3) is 0.111. The van der Waals surface area contributed by atoms with Crippen molar-refractivity contribution in [2.24, 2.45) is 0 Å². The van der Waals surface area contributed by atoms with Crippen LogP contribution in [0.3, 0.4) is 0 Å². The van der Waals surface area contributed by atoms with Crippen LogP contribution < -0.4 is 0 Å². The van der Waals surface area contributed by atoms with Gasteiger partial charge in [0.25, 0.3) is 0 Å². The third-order valence-electron chi connectivity index (χ3n) is 5.54. The Labute approximate surface area is 217 Å². The van der Waals surface area contributed by atoms with Crippen molar-refractivity contribution in [1.29, 1.82) is 0 Å². The molecule has 0 bridgehead atoms. The van der Waals surface area contributed by atoms with Crippen LogP contribution in [0.2, 0.25) is 0 Å². The molecule has 0 aromatic heterocycles. The van der Waals surface area contributed by atoms with Crippen molar-refractivity contribution in [3.63, 3.8) is 0 Å². The Balaban J connectivity index is 1.82. The number of benzene rings is 3. The van der Waals surface area contributed by atoms with Crippen molar-refractivity contribution < 1.29 is 0 Å². The molecule has 0 spiro atoms. The lowest BCUT2D eigenvalue weighted by Crippen LogP contribution is -1.90. The Morgan fingerprint density at radius 2 is 1.50 bits per heavy atom. The smallest absolute Gasteiger partial charge is 0.0332 e. The SMILES string of the molecule is C=C(C)c1cccc(C#C/C=C(C#Cc2cccc(C(=C)Cc3ccc(C)cc3)c2)/C=C\C=C/C)c1. The molecule has 0 amide bonds. The minimum Gasteiger partial charge on any atom is -0.0955 e. The van der Waals surface area contributed by atoms with E-state index in [-0.39, 0.29) is 0 Å². The standard InChI is InChI=1S/C36H32/c1-6-7-8-12-31(13-9-14-32-15-10-17-35(26-32)28(2)3)23-24-33-16-11-18-36(27-33)30(5)25-34-21-19-29(4)20-22-34/h6-8,10-13,15-22,26-27H,2,5,25H2,1,3-4H3/b7-6-,12-8-,31-13-. The molecule has 176 valence electrons. The maximum Gasteiger partial charge on any atom is 0.0332 e. The van der Waals surface area contributed by atoms with Gasteiger partial charge in [0.2, 0.25) is 0 Å². The molecule has 0 heterocycles. The first-order chi connectivity index (χ1) is 17.4. The monoisotopic (exact) mass is 464 g/mol. The van der Waals surface area contributed by atoms with E-state index in [1.165, 1.54) is 11.1 Å². The summed E-state index contributed by atoms with van der Waals surface area (Å²) in [5, 5.41) is 0. The second-order valence-corrected chi connectivity index (χ2v) is 8.71. The van der Waals surface area contributed by atoms with Crippen LogP contribution in [0.1, 0.15) is 47.2 Å². The van der Waals surface area contributed by atoms with E-state index in [1.807, 2.05) is 74.6 Å². The number of hydrogen-bond donors (Lipinski definition) is 0. The molecule has 3 aromatic rings. The molecule has 0 aliphatic heterocycles. The first-order valence-corrected chi connectivity index (χ1v) is 12.1. The average molecular weight is 465 g/mol. The second-order valence-electron chi connectivity index (χ2n) is 8.71. The first kappa shape index (κ1) is 26.1. The van der Waals surface area contributed by atoms with Crippen LogP contribution >= 0.6 is 0 Å². The Hall–Kier alpha value is -4.52. The molecule has 0 aliphatic carbocycles. The van der Waals surface area contributed by atoms with Crippen molar-refractivity contribution in [2.45, 2.75) is 27.2 Å². The van der Waals surface area contributed by atoms with Crippen LogP contribution in [-0.2, 0) is 6.42 Å². The number of hydrogen-bond acceptors (Lipinski definition) is 0. The summed E-state index contributed by atoms with van der Waals surface area (Å²) in [5.41, 5.74) is 9.58. The van der Waals surface area contributed by atoms with E-state index in [0.29, 0.717) is 0 Å². The van der Waals surface area contributed by atoms with Crippen LogP contribution in [0.5, 0.6) is 0 Å². The molecular weight excluding hydrogens is 432 g/mol. The molecular formula is C36H32. The van der Waals surface area contributed by atoms with Crippen LogP contribution in [0.4, 0.5) is 0 Å². The summed E-state index contributed by atoms with van der Waals surface area (Å²) in [6.07, 6.45) is 10.6. The highest BCUT2D eigenvalue weighted by Crippen LogP contribution is 2.19. The average Bonchev–Trinajstić information content (AvgIpc) is 2.88. The van der Waals surface area contributed by atoms with Gasteiger partial charge in [-0.25, -0.2) is 0 Å². The maximum absolute atomic E-state index is 4.31. The Kier molecular flexibility index (Phi) is 9.70. The molecule has 0 heteroatoms. The fourth-order valence-corrected chi connectivity index (χ4v) is 3.47. The zero-order valence-electron chi connectivity index (χ0n) is 21.4. The normalized spacial score (nSPS) is 11.0. The van der Waals surface area contributed by atoms with E-state index in [9.17, 15) is 0 Å². The Bertz CT molecular complexity index is 1450. The third-order valence-corrected chi connectivity index (χ3v) is 5.54. The summed E-state index contributed by atoms with van der Waals surface area (Å²) >= 11 is 0. The second kappa shape index (κ2) is 13.4. The van der Waals surface area contributed by atoms with Gasteiger partial charge in [0.1, 0.15) is 0 Å². The summed E-state index contributed by atoms with van der Waals surface area (Å²) < 4.78 is 0. The van der Waals surface area contributed by atoms with Gasteiger partial charge >= 0.3 is 0 Å². The van der Waals surface area contributed by atoms with E-state index < -0.39 is 0 Å². The van der Waals surface area contributed by atoms with E-state index in [4.69, 9.17) is 0 Å². The predicted molar refractivity (Wildman–Crippen MR) is 157 cm³/mol. The summed E-state index contributed by atoms with van der Waals surface area (Å²) in [4.78, 5) is 0. The molecule has 0 saturated heterocycles. The minimum absolute atomic E-state index is 0.816. The van der Waals surface area contributed by atoms with Gasteiger partial charge < -0.3 is 0 Å². The van der Waals surface area contributed by atoms with Crippen molar-refractivity contribution in [1.82, 2.24) is 0 Å². The van der Waals surface area contributed by atoms with Gasteiger partial charge in [0.15, 0.2) is 0 Å². The molecule has 0 aliphatic rings. The van der Waals surface area contributed by atoms with Crippen molar-refractivity contribution >= 4 is 11.1 Å². The summed E-state index contributed by atoms with van der Waals surface area (Å²) in [6, 6.07) is 25.0. The largest absolute Gasteiger partial charge is 0.0955 e. The van der Waals surface area contributed by atoms with E-state index in [0.717, 1.165) is 45.4 Å². The third kappa shape index (κ3) is 8.36. The summed E-state index contributed by atoms with van der Waals surface area (Å²) in [7, 11) is 0. The lowest BCUT2D eigenvalue weighted by molar-refractivity contribution is 1.27. The van der Waals surface area contributed by atoms with Gasteiger partial charge in [0, 0.05) is 22.8 Å². The molecule has 0 fully saturated rings. The molecule has 0 unspecified atom stereocenters. The molecule has 3 rings (SSSR count). The van der Waals surface area contributed by atoms with E-state index in [1.54, 1.807) is 0 Å². The highest BCUT2D eigenvalue weighted by atomic mass is 14.1. The Morgan fingerprint density at radius 3 is 2.19 bits per heavy atom. The predicted octanol–water partition coefficient (Wildman–Crippen LogP) is 8.75. The van der Waals surface area contributed by atoms with Gasteiger partial charge in [-0.3, -0.25) is 0 Å². The van der Waals surface area contributed by atoms with Crippen molar-refractivity contribution in [3.05, 3.63) is 155 Å². The molecule has 3 aromatic carbocycles. The molecule has 0 N–H and O–H groups in total.